The molecular weight excluding hydrogens is 226 g/mol. The maximum absolute atomic E-state index is 11.8. The zero-order chi connectivity index (χ0) is 10.5. The van der Waals surface area contributed by atoms with E-state index >= 15 is 0 Å². The van der Waals surface area contributed by atoms with Crippen LogP contribution in [-0.4, -0.2) is 24.0 Å². The third-order valence-electron chi connectivity index (χ3n) is 2.64. The molecule has 2 heterocycles. The number of carbonyl (C=O) groups is 1. The van der Waals surface area contributed by atoms with Crippen LogP contribution < -0.4 is 10.6 Å². The first-order chi connectivity index (χ1) is 7.36. The Morgan fingerprint density at radius 3 is 2.81 bits per heavy atom. The van der Waals surface area contributed by atoms with E-state index in [1.165, 1.54) is 0 Å². The summed E-state index contributed by atoms with van der Waals surface area (Å²) in [5.41, 5.74) is 0.779. The van der Waals surface area contributed by atoms with E-state index in [0.29, 0.717) is 0 Å². The highest BCUT2D eigenvalue weighted by Crippen LogP contribution is 2.14. The number of hydrogen-bond acceptors (Lipinski definition) is 3. The number of anilines is 1. The summed E-state index contributed by atoms with van der Waals surface area (Å²) in [6, 6.07) is 3.67. The molecule has 4 nitrogen and oxygen atoms in total. The molecule has 0 atom stereocenters. The molecule has 2 N–H and O–H groups in total. The lowest BCUT2D eigenvalue weighted by atomic mass is 9.97. The Balaban J connectivity index is 0.00000128. The lowest BCUT2D eigenvalue weighted by molar-refractivity contribution is -0.120. The molecule has 88 valence electrons. The molecule has 0 bridgehead atoms. The Hall–Kier alpha value is -1.13. The molecule has 1 fully saturated rings. The maximum atomic E-state index is 11.8. The van der Waals surface area contributed by atoms with Gasteiger partial charge >= 0.3 is 0 Å². The predicted octanol–water partition coefficient (Wildman–Crippen LogP) is 1.44. The summed E-state index contributed by atoms with van der Waals surface area (Å²) in [7, 11) is 0. The van der Waals surface area contributed by atoms with Crippen LogP contribution in [0.1, 0.15) is 12.8 Å². The van der Waals surface area contributed by atoms with E-state index in [2.05, 4.69) is 15.6 Å². The number of amides is 1. The second-order valence-electron chi connectivity index (χ2n) is 3.76. The Bertz CT molecular complexity index is 325. The summed E-state index contributed by atoms with van der Waals surface area (Å²) in [5, 5.41) is 6.12. The van der Waals surface area contributed by atoms with E-state index in [9.17, 15) is 4.79 Å². The molecule has 0 aliphatic carbocycles. The molecular formula is C11H16ClN3O. The van der Waals surface area contributed by atoms with Gasteiger partial charge in [0.15, 0.2) is 0 Å². The molecule has 1 amide bonds. The van der Waals surface area contributed by atoms with Gasteiger partial charge in [-0.3, -0.25) is 9.78 Å². The number of carbonyl (C=O) groups excluding carboxylic acids is 1. The summed E-state index contributed by atoms with van der Waals surface area (Å²) in [6.07, 6.45) is 5.21. The molecule has 0 radical (unpaired) electrons. The SMILES string of the molecule is Cl.O=C(Nc1cccnc1)C1CCNCC1. The predicted molar refractivity (Wildman–Crippen MR) is 65.7 cm³/mol. The quantitative estimate of drug-likeness (QED) is 0.824. The number of halogens is 1. The highest BCUT2D eigenvalue weighted by molar-refractivity contribution is 5.92. The average molecular weight is 242 g/mol. The number of nitrogens with one attached hydrogen (secondary N) is 2. The molecule has 1 saturated heterocycles. The highest BCUT2D eigenvalue weighted by atomic mass is 35.5. The number of nitrogens with zero attached hydrogens (tertiary/aromatic N) is 1. The lowest BCUT2D eigenvalue weighted by Crippen LogP contribution is -2.34. The number of aromatic nitrogens is 1. The van der Waals surface area contributed by atoms with E-state index in [1.54, 1.807) is 12.4 Å². The molecule has 16 heavy (non-hydrogen) atoms. The molecule has 1 aromatic heterocycles. The molecule has 1 aliphatic rings. The third kappa shape index (κ3) is 3.47. The van der Waals surface area contributed by atoms with Gasteiger partial charge in [0.2, 0.25) is 5.91 Å². The Morgan fingerprint density at radius 2 is 2.19 bits per heavy atom. The number of piperidine rings is 1. The summed E-state index contributed by atoms with van der Waals surface area (Å²) < 4.78 is 0. The molecule has 5 heteroatoms. The van der Waals surface area contributed by atoms with Gasteiger partial charge in [0.05, 0.1) is 11.9 Å². The van der Waals surface area contributed by atoms with Crippen LogP contribution in [0.2, 0.25) is 0 Å². The van der Waals surface area contributed by atoms with Crippen molar-refractivity contribution in [2.75, 3.05) is 18.4 Å². The normalized spacial score (nSPS) is 16.2. The van der Waals surface area contributed by atoms with Crippen molar-refractivity contribution in [2.45, 2.75) is 12.8 Å². The Kier molecular flexibility index (Phi) is 5.22. The Morgan fingerprint density at radius 1 is 1.44 bits per heavy atom. The fraction of sp³-hybridized carbons (Fsp3) is 0.455. The second-order valence-corrected chi connectivity index (χ2v) is 3.76. The van der Waals surface area contributed by atoms with Gasteiger partial charge in [-0.25, -0.2) is 0 Å². The van der Waals surface area contributed by atoms with Gasteiger partial charge in [0.1, 0.15) is 0 Å². The van der Waals surface area contributed by atoms with E-state index in [0.717, 1.165) is 31.6 Å². The van der Waals surface area contributed by atoms with Crippen molar-refractivity contribution >= 4 is 24.0 Å². The van der Waals surface area contributed by atoms with Crippen LogP contribution in [0.4, 0.5) is 5.69 Å². The Labute approximate surface area is 101 Å². The molecule has 0 saturated carbocycles. The highest BCUT2D eigenvalue weighted by Gasteiger charge is 2.20. The average Bonchev–Trinajstić information content (AvgIpc) is 2.31. The van der Waals surface area contributed by atoms with Crippen LogP contribution in [0.3, 0.4) is 0 Å². The van der Waals surface area contributed by atoms with E-state index < -0.39 is 0 Å². The van der Waals surface area contributed by atoms with Crippen molar-refractivity contribution in [1.29, 1.82) is 0 Å². The topological polar surface area (TPSA) is 54.0 Å². The fourth-order valence-electron chi connectivity index (χ4n) is 1.77. The first-order valence-corrected chi connectivity index (χ1v) is 5.28. The lowest BCUT2D eigenvalue weighted by Gasteiger charge is -2.21. The van der Waals surface area contributed by atoms with Crippen LogP contribution in [0.5, 0.6) is 0 Å². The summed E-state index contributed by atoms with van der Waals surface area (Å²) in [5.74, 6) is 0.260. The van der Waals surface area contributed by atoms with Crippen molar-refractivity contribution in [2.24, 2.45) is 5.92 Å². The van der Waals surface area contributed by atoms with Crippen LogP contribution >= 0.6 is 12.4 Å². The number of pyridine rings is 1. The fourth-order valence-corrected chi connectivity index (χ4v) is 1.77. The van der Waals surface area contributed by atoms with Gasteiger partial charge in [0.25, 0.3) is 0 Å². The van der Waals surface area contributed by atoms with E-state index in [-0.39, 0.29) is 24.2 Å². The monoisotopic (exact) mass is 241 g/mol. The van der Waals surface area contributed by atoms with Crippen LogP contribution in [-0.2, 0) is 4.79 Å². The molecule has 0 unspecified atom stereocenters. The standard InChI is InChI=1S/C11H15N3O.ClH/c15-11(9-3-6-12-7-4-9)14-10-2-1-5-13-8-10;/h1-2,5,8-9,12H,3-4,6-7H2,(H,14,15);1H. The first-order valence-electron chi connectivity index (χ1n) is 5.28. The third-order valence-corrected chi connectivity index (χ3v) is 2.64. The smallest absolute Gasteiger partial charge is 0.227 e. The van der Waals surface area contributed by atoms with Crippen LogP contribution in [0, 0.1) is 5.92 Å². The van der Waals surface area contributed by atoms with Crippen molar-refractivity contribution in [3.63, 3.8) is 0 Å². The van der Waals surface area contributed by atoms with E-state index in [4.69, 9.17) is 0 Å². The van der Waals surface area contributed by atoms with Gasteiger partial charge in [-0.05, 0) is 38.1 Å². The van der Waals surface area contributed by atoms with Crippen molar-refractivity contribution in [3.8, 4) is 0 Å². The molecule has 1 aliphatic heterocycles. The summed E-state index contributed by atoms with van der Waals surface area (Å²) in [6.45, 7) is 1.87. The number of hydrogen-bond donors (Lipinski definition) is 2. The molecule has 0 aromatic carbocycles. The molecule has 0 spiro atoms. The molecule has 2 rings (SSSR count). The second kappa shape index (κ2) is 6.45. The summed E-state index contributed by atoms with van der Waals surface area (Å²) >= 11 is 0. The summed E-state index contributed by atoms with van der Waals surface area (Å²) in [4.78, 5) is 15.8. The van der Waals surface area contributed by atoms with Gasteiger partial charge in [-0.1, -0.05) is 0 Å². The zero-order valence-electron chi connectivity index (χ0n) is 8.98. The van der Waals surface area contributed by atoms with Gasteiger partial charge in [-0.15, -0.1) is 12.4 Å². The minimum Gasteiger partial charge on any atom is -0.324 e. The van der Waals surface area contributed by atoms with Crippen LogP contribution in [0.15, 0.2) is 24.5 Å². The van der Waals surface area contributed by atoms with Gasteiger partial charge in [-0.2, -0.15) is 0 Å². The first kappa shape index (κ1) is 12.9. The largest absolute Gasteiger partial charge is 0.324 e. The molecule has 1 aromatic rings. The van der Waals surface area contributed by atoms with Crippen molar-refractivity contribution in [3.05, 3.63) is 24.5 Å². The minimum atomic E-state index is 0. The number of rotatable bonds is 2. The van der Waals surface area contributed by atoms with Gasteiger partial charge < -0.3 is 10.6 Å². The minimum absolute atomic E-state index is 0. The van der Waals surface area contributed by atoms with E-state index in [1.807, 2.05) is 12.1 Å². The zero-order valence-corrected chi connectivity index (χ0v) is 9.80. The van der Waals surface area contributed by atoms with Gasteiger partial charge in [0, 0.05) is 12.1 Å². The van der Waals surface area contributed by atoms with Crippen molar-refractivity contribution in [1.82, 2.24) is 10.3 Å². The van der Waals surface area contributed by atoms with Crippen LogP contribution in [0.25, 0.3) is 0 Å². The maximum Gasteiger partial charge on any atom is 0.227 e. The van der Waals surface area contributed by atoms with Crippen molar-refractivity contribution < 1.29 is 4.79 Å².